The highest BCUT2D eigenvalue weighted by atomic mass is 79.9. The lowest BCUT2D eigenvalue weighted by Crippen LogP contribution is -2.38. The lowest BCUT2D eigenvalue weighted by atomic mass is 10.3. The molecular formula is C8H12BrN3OS. The fourth-order valence-electron chi connectivity index (χ4n) is 1.09. The summed E-state index contributed by atoms with van der Waals surface area (Å²) >= 11 is 5.02. The average Bonchev–Trinajstić information content (AvgIpc) is 2.50. The van der Waals surface area contributed by atoms with Crippen molar-refractivity contribution in [3.8, 4) is 0 Å². The Kier molecular flexibility index (Phi) is 4.53. The molecule has 4 nitrogen and oxygen atoms in total. The predicted octanol–water partition coefficient (Wildman–Crippen LogP) is 0.932. The molecule has 0 saturated heterocycles. The Hall–Kier alpha value is -0.430. The molecule has 0 spiro atoms. The van der Waals surface area contributed by atoms with Gasteiger partial charge in [0.2, 0.25) is 5.91 Å². The summed E-state index contributed by atoms with van der Waals surface area (Å²) in [4.78, 5) is 12.8. The second-order valence-electron chi connectivity index (χ2n) is 3.00. The van der Waals surface area contributed by atoms with E-state index in [1.165, 1.54) is 5.56 Å². The number of hydrogen-bond donors (Lipinski definition) is 2. The summed E-state index contributed by atoms with van der Waals surface area (Å²) in [7, 11) is 1.88. The van der Waals surface area contributed by atoms with Crippen molar-refractivity contribution in [2.24, 2.45) is 5.84 Å². The Morgan fingerprint density at radius 2 is 2.50 bits per heavy atom. The number of nitrogens with one attached hydrogen (secondary N) is 1. The highest BCUT2D eigenvalue weighted by molar-refractivity contribution is 9.11. The van der Waals surface area contributed by atoms with Gasteiger partial charge in [-0.3, -0.25) is 15.1 Å². The first-order valence-electron chi connectivity index (χ1n) is 4.02. The number of thiophene rings is 1. The normalized spacial score (nSPS) is 10.6. The van der Waals surface area contributed by atoms with Gasteiger partial charge in [0.1, 0.15) is 0 Å². The Morgan fingerprint density at radius 1 is 1.79 bits per heavy atom. The van der Waals surface area contributed by atoms with E-state index in [-0.39, 0.29) is 5.91 Å². The SMILES string of the molecule is CN(CC(=O)NN)Cc1csc(Br)c1. The van der Waals surface area contributed by atoms with Crippen LogP contribution in [0.1, 0.15) is 5.56 Å². The highest BCUT2D eigenvalue weighted by Gasteiger charge is 2.06. The summed E-state index contributed by atoms with van der Waals surface area (Å²) in [5, 5.41) is 2.06. The zero-order chi connectivity index (χ0) is 10.6. The number of hydrazine groups is 1. The molecule has 0 aliphatic heterocycles. The van der Waals surface area contributed by atoms with Crippen molar-refractivity contribution >= 4 is 33.2 Å². The molecule has 3 N–H and O–H groups in total. The Bertz CT molecular complexity index is 315. The van der Waals surface area contributed by atoms with E-state index in [1.54, 1.807) is 11.3 Å². The predicted molar refractivity (Wildman–Crippen MR) is 60.7 cm³/mol. The molecule has 0 radical (unpaired) electrons. The van der Waals surface area contributed by atoms with Crippen LogP contribution in [0, 0.1) is 0 Å². The number of carbonyl (C=O) groups is 1. The van der Waals surface area contributed by atoms with Crippen LogP contribution in [0.5, 0.6) is 0 Å². The van der Waals surface area contributed by atoms with Crippen LogP contribution in [-0.4, -0.2) is 24.4 Å². The first-order chi connectivity index (χ1) is 6.61. The summed E-state index contributed by atoms with van der Waals surface area (Å²) in [6, 6.07) is 2.04. The summed E-state index contributed by atoms with van der Waals surface area (Å²) in [5.74, 6) is 4.81. The number of rotatable bonds is 4. The first-order valence-corrected chi connectivity index (χ1v) is 5.70. The molecule has 0 aliphatic rings. The molecule has 6 heteroatoms. The summed E-state index contributed by atoms with van der Waals surface area (Å²) < 4.78 is 1.10. The Morgan fingerprint density at radius 3 is 3.00 bits per heavy atom. The smallest absolute Gasteiger partial charge is 0.248 e. The molecule has 1 heterocycles. The van der Waals surface area contributed by atoms with Gasteiger partial charge < -0.3 is 0 Å². The number of nitrogens with two attached hydrogens (primary N) is 1. The van der Waals surface area contributed by atoms with Gasteiger partial charge in [-0.2, -0.15) is 0 Å². The summed E-state index contributed by atoms with van der Waals surface area (Å²) in [6.45, 7) is 1.06. The lowest BCUT2D eigenvalue weighted by Gasteiger charge is -2.13. The minimum Gasteiger partial charge on any atom is -0.293 e. The summed E-state index contributed by atoms with van der Waals surface area (Å²) in [6.07, 6.45) is 0. The minimum absolute atomic E-state index is 0.179. The Labute approximate surface area is 95.2 Å². The van der Waals surface area contributed by atoms with Crippen molar-refractivity contribution in [1.82, 2.24) is 10.3 Å². The van der Waals surface area contributed by atoms with Gasteiger partial charge >= 0.3 is 0 Å². The fraction of sp³-hybridized carbons (Fsp3) is 0.375. The quantitative estimate of drug-likeness (QED) is 0.489. The molecule has 0 aromatic carbocycles. The molecule has 1 aromatic rings. The molecule has 0 atom stereocenters. The monoisotopic (exact) mass is 277 g/mol. The number of nitrogens with zero attached hydrogens (tertiary/aromatic N) is 1. The van der Waals surface area contributed by atoms with E-state index in [1.807, 2.05) is 18.0 Å². The third-order valence-corrected chi connectivity index (χ3v) is 3.20. The molecule has 78 valence electrons. The van der Waals surface area contributed by atoms with Gasteiger partial charge in [0.05, 0.1) is 10.3 Å². The maximum absolute atomic E-state index is 10.9. The van der Waals surface area contributed by atoms with E-state index in [2.05, 4.69) is 26.7 Å². The molecule has 1 rings (SSSR count). The number of hydrogen-bond acceptors (Lipinski definition) is 4. The number of halogens is 1. The molecule has 1 amide bonds. The van der Waals surface area contributed by atoms with Crippen LogP contribution in [0.2, 0.25) is 0 Å². The lowest BCUT2D eigenvalue weighted by molar-refractivity contribution is -0.122. The second-order valence-corrected chi connectivity index (χ2v) is 5.29. The van der Waals surface area contributed by atoms with Crippen molar-refractivity contribution in [2.45, 2.75) is 6.54 Å². The van der Waals surface area contributed by atoms with Crippen LogP contribution in [-0.2, 0) is 11.3 Å². The van der Waals surface area contributed by atoms with E-state index in [0.717, 1.165) is 10.3 Å². The maximum Gasteiger partial charge on any atom is 0.248 e. The number of amides is 1. The van der Waals surface area contributed by atoms with Crippen LogP contribution in [0.15, 0.2) is 15.2 Å². The topological polar surface area (TPSA) is 58.4 Å². The van der Waals surface area contributed by atoms with Gasteiger partial charge in [0, 0.05) is 6.54 Å². The van der Waals surface area contributed by atoms with Crippen LogP contribution in [0.3, 0.4) is 0 Å². The molecule has 0 unspecified atom stereocenters. The van der Waals surface area contributed by atoms with Gasteiger partial charge in [-0.05, 0) is 40.0 Å². The average molecular weight is 278 g/mol. The summed E-state index contributed by atoms with van der Waals surface area (Å²) in [5.41, 5.74) is 3.29. The van der Waals surface area contributed by atoms with Crippen LogP contribution in [0.25, 0.3) is 0 Å². The van der Waals surface area contributed by atoms with Gasteiger partial charge in [-0.1, -0.05) is 0 Å². The molecule has 0 fully saturated rings. The van der Waals surface area contributed by atoms with Crippen LogP contribution >= 0.6 is 27.3 Å². The minimum atomic E-state index is -0.179. The third kappa shape index (κ3) is 3.75. The van der Waals surface area contributed by atoms with E-state index in [4.69, 9.17) is 5.84 Å². The molecular weight excluding hydrogens is 266 g/mol. The van der Waals surface area contributed by atoms with Crippen LogP contribution in [0.4, 0.5) is 0 Å². The standard InChI is InChI=1S/C8H12BrN3OS/c1-12(4-8(13)11-10)3-6-2-7(9)14-5-6/h2,5H,3-4,10H2,1H3,(H,11,13). The molecule has 14 heavy (non-hydrogen) atoms. The highest BCUT2D eigenvalue weighted by Crippen LogP contribution is 2.21. The zero-order valence-electron chi connectivity index (χ0n) is 7.79. The fourth-order valence-corrected chi connectivity index (χ4v) is 2.29. The molecule has 0 saturated carbocycles. The first kappa shape index (κ1) is 11.6. The third-order valence-electron chi connectivity index (χ3n) is 1.65. The van der Waals surface area contributed by atoms with E-state index in [0.29, 0.717) is 6.54 Å². The molecule has 0 bridgehead atoms. The second kappa shape index (κ2) is 5.45. The van der Waals surface area contributed by atoms with Crippen molar-refractivity contribution < 1.29 is 4.79 Å². The zero-order valence-corrected chi connectivity index (χ0v) is 10.2. The number of likely N-dealkylation sites (N-methyl/N-ethyl adjacent to an activating group) is 1. The van der Waals surface area contributed by atoms with Crippen molar-refractivity contribution in [3.05, 3.63) is 20.8 Å². The maximum atomic E-state index is 10.9. The van der Waals surface area contributed by atoms with Crippen molar-refractivity contribution in [1.29, 1.82) is 0 Å². The van der Waals surface area contributed by atoms with Gasteiger partial charge in [0.25, 0.3) is 0 Å². The van der Waals surface area contributed by atoms with Gasteiger partial charge in [-0.15, -0.1) is 11.3 Å². The van der Waals surface area contributed by atoms with Crippen molar-refractivity contribution in [2.75, 3.05) is 13.6 Å². The molecule has 0 aliphatic carbocycles. The molecule has 1 aromatic heterocycles. The van der Waals surface area contributed by atoms with Gasteiger partial charge in [-0.25, -0.2) is 5.84 Å². The van der Waals surface area contributed by atoms with E-state index < -0.39 is 0 Å². The van der Waals surface area contributed by atoms with E-state index >= 15 is 0 Å². The number of carbonyl (C=O) groups excluding carboxylic acids is 1. The van der Waals surface area contributed by atoms with E-state index in [9.17, 15) is 4.79 Å². The largest absolute Gasteiger partial charge is 0.293 e. The Balaban J connectivity index is 2.41. The van der Waals surface area contributed by atoms with Crippen molar-refractivity contribution in [3.63, 3.8) is 0 Å². The van der Waals surface area contributed by atoms with Gasteiger partial charge in [0.15, 0.2) is 0 Å². The van der Waals surface area contributed by atoms with Crippen LogP contribution < -0.4 is 11.3 Å².